The largest absolute Gasteiger partial charge is 0.463 e. The molecule has 11 nitrogen and oxygen atoms in total. The number of unbranched alkanes of at least 4 members (excludes halogenated alkanes) is 3. The van der Waals surface area contributed by atoms with Gasteiger partial charge in [0.1, 0.15) is 18.8 Å². The van der Waals surface area contributed by atoms with E-state index < -0.39 is 54.6 Å². The summed E-state index contributed by atoms with van der Waals surface area (Å²) in [4.78, 5) is 47.1. The first kappa shape index (κ1) is 27.6. The maximum Gasteiger partial charge on any atom is 0.315 e. The van der Waals surface area contributed by atoms with E-state index in [9.17, 15) is 23.6 Å². The molecule has 0 saturated carbocycles. The van der Waals surface area contributed by atoms with Gasteiger partial charge in [-0.3, -0.25) is 18.8 Å². The van der Waals surface area contributed by atoms with Gasteiger partial charge in [-0.1, -0.05) is 12.8 Å². The van der Waals surface area contributed by atoms with Gasteiger partial charge in [0.2, 0.25) is 0 Å². The Bertz CT molecular complexity index is 634. The zero-order chi connectivity index (χ0) is 24.1. The molecule has 1 fully saturated rings. The third-order valence-electron chi connectivity index (χ3n) is 4.58. The van der Waals surface area contributed by atoms with Crippen LogP contribution in [0.2, 0.25) is 0 Å². The average Bonchev–Trinajstić information content (AvgIpc) is 2.71. The fraction of sp³-hybridized carbons (Fsp3) is 0.800. The Balaban J connectivity index is 2.94. The number of halogens is 1. The van der Waals surface area contributed by atoms with E-state index in [-0.39, 0.29) is 13.3 Å². The van der Waals surface area contributed by atoms with Gasteiger partial charge < -0.3 is 34.3 Å². The molecule has 32 heavy (non-hydrogen) atoms. The SMILES string of the molecule is CO[C@@H]1O[C@H](COC(C)=O)[C@@H](OC(C)=O)[C@H](OC(C)=O)[C@H]1NC(=O)NCCCCCCF. The summed E-state index contributed by atoms with van der Waals surface area (Å²) in [5.41, 5.74) is 0. The van der Waals surface area contributed by atoms with E-state index in [1.165, 1.54) is 14.0 Å². The molecule has 0 aliphatic carbocycles. The van der Waals surface area contributed by atoms with Gasteiger partial charge in [-0.25, -0.2) is 4.79 Å². The first-order chi connectivity index (χ1) is 15.2. The minimum atomic E-state index is -1.18. The van der Waals surface area contributed by atoms with Gasteiger partial charge in [0.25, 0.3) is 0 Å². The number of carbonyl (C=O) groups excluding carboxylic acids is 4. The van der Waals surface area contributed by atoms with Crippen LogP contribution in [0, 0.1) is 0 Å². The predicted octanol–water partition coefficient (Wildman–Crippen LogP) is 0.982. The zero-order valence-electron chi connectivity index (χ0n) is 18.9. The summed E-state index contributed by atoms with van der Waals surface area (Å²) in [6.45, 7) is 3.22. The molecule has 0 spiro atoms. The Morgan fingerprint density at radius 1 is 0.906 bits per heavy atom. The number of esters is 3. The van der Waals surface area contributed by atoms with E-state index in [2.05, 4.69) is 10.6 Å². The van der Waals surface area contributed by atoms with Gasteiger partial charge in [0.05, 0.1) is 6.67 Å². The van der Waals surface area contributed by atoms with Gasteiger partial charge in [-0.05, 0) is 12.8 Å². The summed E-state index contributed by atoms with van der Waals surface area (Å²) >= 11 is 0. The number of ether oxygens (including phenoxy) is 5. The molecule has 1 heterocycles. The minimum absolute atomic E-state index is 0.289. The number of urea groups is 1. The number of alkyl halides is 1. The van der Waals surface area contributed by atoms with E-state index in [4.69, 9.17) is 23.7 Å². The lowest BCUT2D eigenvalue weighted by Crippen LogP contribution is -2.67. The second-order valence-corrected chi connectivity index (χ2v) is 7.26. The molecule has 1 rings (SSSR count). The van der Waals surface area contributed by atoms with Crippen LogP contribution >= 0.6 is 0 Å². The van der Waals surface area contributed by atoms with Crippen molar-refractivity contribution in [3.63, 3.8) is 0 Å². The van der Waals surface area contributed by atoms with Crippen LogP contribution in [0.1, 0.15) is 46.5 Å². The van der Waals surface area contributed by atoms with E-state index >= 15 is 0 Å². The Labute approximate surface area is 186 Å². The summed E-state index contributed by atoms with van der Waals surface area (Å²) < 4.78 is 38.8. The minimum Gasteiger partial charge on any atom is -0.463 e. The van der Waals surface area contributed by atoms with Crippen molar-refractivity contribution in [2.45, 2.75) is 77.1 Å². The lowest BCUT2D eigenvalue weighted by atomic mass is 9.96. The molecule has 2 amide bonds. The molecule has 184 valence electrons. The molecule has 12 heteroatoms. The van der Waals surface area contributed by atoms with Gasteiger partial charge >= 0.3 is 23.9 Å². The number of carbonyl (C=O) groups is 4. The maximum atomic E-state index is 12.4. The standard InChI is InChI=1S/C20H33FN2O9/c1-12(24)29-11-15-17(30-13(2)25)18(31-14(3)26)16(19(28-4)32-15)23-20(27)22-10-8-6-5-7-9-21/h15-19H,5-11H2,1-4H3,(H2,22,23,27)/t15-,16-,17-,18-,19-/m1/s1. The van der Waals surface area contributed by atoms with Crippen LogP contribution in [0.5, 0.6) is 0 Å². The van der Waals surface area contributed by atoms with Gasteiger partial charge in [0, 0.05) is 34.4 Å². The number of nitrogens with one attached hydrogen (secondary N) is 2. The van der Waals surface area contributed by atoms with Crippen LogP contribution < -0.4 is 10.6 Å². The van der Waals surface area contributed by atoms with Gasteiger partial charge in [-0.15, -0.1) is 0 Å². The van der Waals surface area contributed by atoms with Crippen molar-refractivity contribution in [2.75, 3.05) is 26.9 Å². The Kier molecular flexibility index (Phi) is 12.5. The van der Waals surface area contributed by atoms with E-state index in [0.29, 0.717) is 19.4 Å². The molecule has 2 N–H and O–H groups in total. The van der Waals surface area contributed by atoms with Crippen molar-refractivity contribution in [2.24, 2.45) is 0 Å². The number of rotatable bonds is 12. The lowest BCUT2D eigenvalue weighted by Gasteiger charge is -2.44. The van der Waals surface area contributed by atoms with Crippen molar-refractivity contribution in [3.8, 4) is 0 Å². The van der Waals surface area contributed by atoms with Crippen LogP contribution in [0.3, 0.4) is 0 Å². The van der Waals surface area contributed by atoms with Crippen molar-refractivity contribution in [3.05, 3.63) is 0 Å². The molecule has 1 aliphatic rings. The normalized spacial score (nSPS) is 24.8. The molecule has 5 atom stereocenters. The van der Waals surface area contributed by atoms with E-state index in [1.807, 2.05) is 0 Å². The second-order valence-electron chi connectivity index (χ2n) is 7.26. The highest BCUT2D eigenvalue weighted by molar-refractivity contribution is 5.74. The van der Waals surface area contributed by atoms with Crippen molar-refractivity contribution >= 4 is 23.9 Å². The Morgan fingerprint density at radius 3 is 2.09 bits per heavy atom. The molecule has 0 aromatic rings. The third-order valence-corrected chi connectivity index (χ3v) is 4.58. The van der Waals surface area contributed by atoms with Crippen LogP contribution in [0.25, 0.3) is 0 Å². The van der Waals surface area contributed by atoms with Crippen LogP contribution in [-0.4, -0.2) is 81.5 Å². The summed E-state index contributed by atoms with van der Waals surface area (Å²) in [6, 6.07) is -1.61. The fourth-order valence-electron chi connectivity index (χ4n) is 3.24. The second kappa shape index (κ2) is 14.6. The fourth-order valence-corrected chi connectivity index (χ4v) is 3.24. The number of hydrogen-bond acceptors (Lipinski definition) is 9. The van der Waals surface area contributed by atoms with Gasteiger partial charge in [0.15, 0.2) is 18.5 Å². The third kappa shape index (κ3) is 9.77. The van der Waals surface area contributed by atoms with Crippen LogP contribution in [0.15, 0.2) is 0 Å². The average molecular weight is 464 g/mol. The zero-order valence-corrected chi connectivity index (χ0v) is 18.9. The number of amides is 2. The molecule has 0 bridgehead atoms. The van der Waals surface area contributed by atoms with Crippen LogP contribution in [-0.2, 0) is 38.1 Å². The van der Waals surface area contributed by atoms with Crippen molar-refractivity contribution in [1.82, 2.24) is 10.6 Å². The first-order valence-electron chi connectivity index (χ1n) is 10.5. The molecule has 0 unspecified atom stereocenters. The molecule has 0 aromatic heterocycles. The molecule has 1 aliphatic heterocycles. The van der Waals surface area contributed by atoms with Crippen molar-refractivity contribution < 1.29 is 47.3 Å². The highest BCUT2D eigenvalue weighted by Crippen LogP contribution is 2.27. The number of hydrogen-bond donors (Lipinski definition) is 2. The maximum absolute atomic E-state index is 12.4. The van der Waals surface area contributed by atoms with E-state index in [0.717, 1.165) is 26.7 Å². The highest BCUT2D eigenvalue weighted by atomic mass is 19.1. The lowest BCUT2D eigenvalue weighted by molar-refractivity contribution is -0.270. The summed E-state index contributed by atoms with van der Waals surface area (Å²) in [5, 5.41) is 5.29. The predicted molar refractivity (Wildman–Crippen MR) is 108 cm³/mol. The molecule has 0 radical (unpaired) electrons. The molecular weight excluding hydrogens is 431 g/mol. The summed E-state index contributed by atoms with van der Waals surface area (Å²) in [6.07, 6.45) is -1.81. The summed E-state index contributed by atoms with van der Waals surface area (Å²) in [7, 11) is 1.32. The first-order valence-corrected chi connectivity index (χ1v) is 10.5. The Hall–Kier alpha value is -2.47. The smallest absolute Gasteiger partial charge is 0.315 e. The van der Waals surface area contributed by atoms with Crippen LogP contribution in [0.4, 0.5) is 9.18 Å². The van der Waals surface area contributed by atoms with Crippen molar-refractivity contribution in [1.29, 1.82) is 0 Å². The Morgan fingerprint density at radius 2 is 1.53 bits per heavy atom. The number of methoxy groups -OCH3 is 1. The molecular formula is C20H33FN2O9. The monoisotopic (exact) mass is 464 g/mol. The highest BCUT2D eigenvalue weighted by Gasteiger charge is 2.51. The molecule has 0 aromatic carbocycles. The topological polar surface area (TPSA) is 138 Å². The quantitative estimate of drug-likeness (QED) is 0.246. The van der Waals surface area contributed by atoms with Gasteiger partial charge in [-0.2, -0.15) is 0 Å². The van der Waals surface area contributed by atoms with E-state index in [1.54, 1.807) is 0 Å². The summed E-state index contributed by atoms with van der Waals surface area (Å²) in [5.74, 6) is -1.95. The molecule has 1 saturated heterocycles.